The number of nitrogens with zero attached hydrogens (tertiary/aromatic N) is 2. The lowest BCUT2D eigenvalue weighted by Crippen LogP contribution is -2.36. The van der Waals surface area contributed by atoms with E-state index in [4.69, 9.17) is 4.42 Å². The lowest BCUT2D eigenvalue weighted by atomic mass is 9.64. The fourth-order valence-electron chi connectivity index (χ4n) is 12.7. The van der Waals surface area contributed by atoms with Gasteiger partial charge >= 0.3 is 0 Å². The molecule has 0 atom stereocenters. The van der Waals surface area contributed by atoms with Gasteiger partial charge in [0.15, 0.2) is 0 Å². The van der Waals surface area contributed by atoms with Crippen LogP contribution in [0.2, 0.25) is 0 Å². The fraction of sp³-hybridized carbons (Fsp3) is 0.0141. The van der Waals surface area contributed by atoms with Crippen LogP contribution in [0.1, 0.15) is 22.3 Å². The molecular formula is C71H46N2O. The van der Waals surface area contributed by atoms with Crippen LogP contribution in [0.15, 0.2) is 283 Å². The highest BCUT2D eigenvalue weighted by atomic mass is 16.3. The third-order valence-electron chi connectivity index (χ3n) is 15.7. The van der Waals surface area contributed by atoms with Crippen molar-refractivity contribution in [2.24, 2.45) is 0 Å². The molecule has 0 amide bonds. The van der Waals surface area contributed by atoms with Crippen molar-refractivity contribution in [2.75, 3.05) is 9.80 Å². The molecule has 346 valence electrons. The second-order valence-electron chi connectivity index (χ2n) is 19.5. The van der Waals surface area contributed by atoms with Gasteiger partial charge in [-0.15, -0.1) is 0 Å². The van der Waals surface area contributed by atoms with Crippen molar-refractivity contribution in [3.63, 3.8) is 0 Å². The summed E-state index contributed by atoms with van der Waals surface area (Å²) < 4.78 is 6.41. The smallest absolute Gasteiger partial charge is 0.135 e. The van der Waals surface area contributed by atoms with E-state index in [9.17, 15) is 0 Å². The molecule has 0 saturated heterocycles. The van der Waals surface area contributed by atoms with Crippen molar-refractivity contribution < 1.29 is 4.42 Å². The second kappa shape index (κ2) is 16.7. The first-order chi connectivity index (χ1) is 36.8. The summed E-state index contributed by atoms with van der Waals surface area (Å²) in [5.41, 5.74) is 22.2. The Kier molecular flexibility index (Phi) is 9.48. The Labute approximate surface area is 430 Å². The summed E-state index contributed by atoms with van der Waals surface area (Å²) in [6.45, 7) is 0. The first kappa shape index (κ1) is 42.0. The Morgan fingerprint density at radius 2 is 0.811 bits per heavy atom. The van der Waals surface area contributed by atoms with Crippen molar-refractivity contribution in [1.82, 2.24) is 0 Å². The molecule has 1 aromatic heterocycles. The summed E-state index contributed by atoms with van der Waals surface area (Å²) in [5.74, 6) is 0. The van der Waals surface area contributed by atoms with Crippen LogP contribution < -0.4 is 9.80 Å². The molecule has 2 aliphatic rings. The highest BCUT2D eigenvalue weighted by Crippen LogP contribution is 2.65. The summed E-state index contributed by atoms with van der Waals surface area (Å²) >= 11 is 0. The van der Waals surface area contributed by atoms with Gasteiger partial charge in [-0.25, -0.2) is 0 Å². The fourth-order valence-corrected chi connectivity index (χ4v) is 12.7. The van der Waals surface area contributed by atoms with Gasteiger partial charge in [0.1, 0.15) is 11.2 Å². The van der Waals surface area contributed by atoms with Crippen LogP contribution in [0.4, 0.5) is 34.1 Å². The van der Waals surface area contributed by atoms with E-state index < -0.39 is 5.41 Å². The number of hydrogen-bond donors (Lipinski definition) is 0. The second-order valence-corrected chi connectivity index (χ2v) is 19.5. The van der Waals surface area contributed by atoms with Crippen LogP contribution in [0.3, 0.4) is 0 Å². The van der Waals surface area contributed by atoms with E-state index in [-0.39, 0.29) is 0 Å². The molecule has 0 radical (unpaired) electrons. The van der Waals surface area contributed by atoms with Crippen LogP contribution in [0, 0.1) is 0 Å². The molecule has 1 aliphatic carbocycles. The van der Waals surface area contributed by atoms with E-state index in [1.807, 2.05) is 6.07 Å². The van der Waals surface area contributed by atoms with Gasteiger partial charge < -0.3 is 14.2 Å². The van der Waals surface area contributed by atoms with E-state index in [1.165, 1.54) is 66.7 Å². The Hall–Kier alpha value is -9.70. The standard InChI is InChI=1S/C71H46N2O/c1-2-24-49(25-3-1)72-65-40-17-13-35-60(65)71(61-36-14-18-41-66(61)72)59-34-12-8-32-57(59)70-62(71)37-21-42-67(70)73(63-38-15-9-27-51(63)48-44-45-69-58(46-48)56-31-11-19-43-68(56)74-69)64-39-16-10-30-55(64)54-29-7-6-28-53(54)52-33-20-23-47-22-4-5-26-50(47)52/h1-46H. The van der Waals surface area contributed by atoms with Crippen LogP contribution >= 0.6 is 0 Å². The summed E-state index contributed by atoms with van der Waals surface area (Å²) in [4.78, 5) is 5.01. The average Bonchev–Trinajstić information content (AvgIpc) is 4.00. The van der Waals surface area contributed by atoms with Gasteiger partial charge in [0.05, 0.1) is 33.9 Å². The largest absolute Gasteiger partial charge is 0.456 e. The molecule has 0 N–H and O–H groups in total. The Balaban J connectivity index is 1.03. The zero-order chi connectivity index (χ0) is 48.7. The number of fused-ring (bicyclic) bond motifs is 13. The first-order valence-corrected chi connectivity index (χ1v) is 25.5. The molecule has 15 rings (SSSR count). The molecule has 0 unspecified atom stereocenters. The van der Waals surface area contributed by atoms with E-state index >= 15 is 0 Å². The maximum absolute atomic E-state index is 6.41. The topological polar surface area (TPSA) is 19.6 Å². The molecule has 0 fully saturated rings. The van der Waals surface area contributed by atoms with Crippen molar-refractivity contribution >= 4 is 66.8 Å². The molecule has 74 heavy (non-hydrogen) atoms. The molecule has 0 saturated carbocycles. The van der Waals surface area contributed by atoms with Gasteiger partial charge in [-0.05, 0) is 122 Å². The predicted molar refractivity (Wildman–Crippen MR) is 308 cm³/mol. The minimum absolute atomic E-state index is 0.639. The monoisotopic (exact) mass is 942 g/mol. The summed E-state index contributed by atoms with van der Waals surface area (Å²) in [6.07, 6.45) is 0. The quantitative estimate of drug-likeness (QED) is 0.159. The molecule has 1 spiro atoms. The van der Waals surface area contributed by atoms with Gasteiger partial charge in [0.2, 0.25) is 0 Å². The third kappa shape index (κ3) is 6.14. The molecule has 1 aliphatic heterocycles. The zero-order valence-corrected chi connectivity index (χ0v) is 40.4. The molecular weight excluding hydrogens is 897 g/mol. The number of furan rings is 1. The van der Waals surface area contributed by atoms with Crippen molar-refractivity contribution in [2.45, 2.75) is 5.41 Å². The van der Waals surface area contributed by atoms with Gasteiger partial charge in [-0.1, -0.05) is 218 Å². The molecule has 12 aromatic carbocycles. The number of benzene rings is 12. The van der Waals surface area contributed by atoms with Crippen LogP contribution in [-0.2, 0) is 5.41 Å². The Morgan fingerprint density at radius 3 is 1.58 bits per heavy atom. The number of para-hydroxylation sites is 6. The minimum Gasteiger partial charge on any atom is -0.456 e. The van der Waals surface area contributed by atoms with E-state index in [0.29, 0.717) is 0 Å². The van der Waals surface area contributed by atoms with E-state index in [1.54, 1.807) is 0 Å². The highest BCUT2D eigenvalue weighted by Gasteiger charge is 2.52. The highest BCUT2D eigenvalue weighted by molar-refractivity contribution is 6.09. The molecule has 3 nitrogen and oxygen atoms in total. The maximum Gasteiger partial charge on any atom is 0.135 e. The predicted octanol–water partition coefficient (Wildman–Crippen LogP) is 19.4. The normalized spacial score (nSPS) is 12.9. The number of hydrogen-bond acceptors (Lipinski definition) is 3. The summed E-state index contributed by atoms with van der Waals surface area (Å²) in [7, 11) is 0. The summed E-state index contributed by atoms with van der Waals surface area (Å²) in [6, 6.07) is 102. The maximum atomic E-state index is 6.41. The van der Waals surface area contributed by atoms with Crippen molar-refractivity contribution in [1.29, 1.82) is 0 Å². The Bertz CT molecular complexity index is 4300. The minimum atomic E-state index is -0.639. The zero-order valence-electron chi connectivity index (χ0n) is 40.4. The number of anilines is 6. The van der Waals surface area contributed by atoms with Gasteiger partial charge in [-0.3, -0.25) is 0 Å². The molecule has 13 aromatic rings. The summed E-state index contributed by atoms with van der Waals surface area (Å²) in [5, 5.41) is 4.65. The van der Waals surface area contributed by atoms with Gasteiger partial charge in [0, 0.05) is 33.2 Å². The average molecular weight is 943 g/mol. The molecule has 2 heterocycles. The number of rotatable bonds is 7. The van der Waals surface area contributed by atoms with Crippen molar-refractivity contribution in [3.05, 3.63) is 301 Å². The van der Waals surface area contributed by atoms with Gasteiger partial charge in [0.25, 0.3) is 0 Å². The Morgan fingerprint density at radius 1 is 0.311 bits per heavy atom. The SMILES string of the molecule is c1ccc(N2c3ccccc3C3(c4ccccc4-c4c(N(c5ccccc5-c5ccc6oc7ccccc7c6c5)c5ccccc5-c5ccccc5-c5cccc6ccccc56)cccc43)c3ccccc32)cc1. The van der Waals surface area contributed by atoms with Crippen LogP contribution in [-0.4, -0.2) is 0 Å². The van der Waals surface area contributed by atoms with E-state index in [2.05, 4.69) is 283 Å². The van der Waals surface area contributed by atoms with Crippen LogP contribution in [0.25, 0.3) is 77.2 Å². The first-order valence-electron chi connectivity index (χ1n) is 25.5. The van der Waals surface area contributed by atoms with Gasteiger partial charge in [-0.2, -0.15) is 0 Å². The third-order valence-corrected chi connectivity index (χ3v) is 15.7. The lowest BCUT2D eigenvalue weighted by Gasteiger charge is -2.45. The molecule has 3 heteroatoms. The van der Waals surface area contributed by atoms with Crippen LogP contribution in [0.5, 0.6) is 0 Å². The van der Waals surface area contributed by atoms with E-state index in [0.717, 1.165) is 66.9 Å². The van der Waals surface area contributed by atoms with Crippen molar-refractivity contribution in [3.8, 4) is 44.5 Å². The molecule has 0 bridgehead atoms. The lowest BCUT2D eigenvalue weighted by molar-refractivity contribution is 0.669.